The zero-order valence-corrected chi connectivity index (χ0v) is 26.1. The van der Waals surface area contributed by atoms with Crippen LogP contribution in [0, 0.1) is 0 Å². The summed E-state index contributed by atoms with van der Waals surface area (Å²) in [6.45, 7) is 3.68. The minimum absolute atomic E-state index is 0.146. The molecule has 1 aromatic heterocycles. The molecule has 0 aliphatic carbocycles. The van der Waals surface area contributed by atoms with E-state index in [9.17, 15) is 14.4 Å². The van der Waals surface area contributed by atoms with Crippen molar-refractivity contribution in [2.24, 2.45) is 4.99 Å². The number of carbonyl (C=O) groups is 2. The molecule has 0 saturated carbocycles. The van der Waals surface area contributed by atoms with E-state index in [1.54, 1.807) is 62.4 Å². The monoisotopic (exact) mass is 628 g/mol. The molecule has 0 saturated heterocycles. The number of rotatable bonds is 11. The summed E-state index contributed by atoms with van der Waals surface area (Å²) >= 11 is 1.22. The van der Waals surface area contributed by atoms with Crippen molar-refractivity contribution in [2.75, 3.05) is 34.0 Å². The Labute approximate surface area is 263 Å². The predicted octanol–water partition coefficient (Wildman–Crippen LogP) is 3.89. The zero-order chi connectivity index (χ0) is 31.9. The third-order valence-electron chi connectivity index (χ3n) is 6.94. The third-order valence-corrected chi connectivity index (χ3v) is 7.92. The highest BCUT2D eigenvalue weighted by Crippen LogP contribution is 2.38. The summed E-state index contributed by atoms with van der Waals surface area (Å²) in [6, 6.07) is 20.7. The van der Waals surface area contributed by atoms with Gasteiger partial charge in [0.1, 0.15) is 5.75 Å². The fourth-order valence-corrected chi connectivity index (χ4v) is 5.94. The van der Waals surface area contributed by atoms with Gasteiger partial charge in [0.15, 0.2) is 22.9 Å². The van der Waals surface area contributed by atoms with Crippen molar-refractivity contribution in [3.05, 3.63) is 115 Å². The maximum Gasteiger partial charge on any atom is 0.344 e. The molecule has 11 heteroatoms. The van der Waals surface area contributed by atoms with E-state index in [0.29, 0.717) is 43.4 Å². The van der Waals surface area contributed by atoms with Gasteiger partial charge in [0.25, 0.3) is 5.56 Å². The van der Waals surface area contributed by atoms with Gasteiger partial charge >= 0.3 is 11.9 Å². The minimum atomic E-state index is -0.865. The van der Waals surface area contributed by atoms with Crippen LogP contribution in [0.2, 0.25) is 0 Å². The molecular formula is C34H32N2O8S. The Bertz CT molecular complexity index is 1910. The smallest absolute Gasteiger partial charge is 0.344 e. The predicted molar refractivity (Wildman–Crippen MR) is 169 cm³/mol. The first-order valence-electron chi connectivity index (χ1n) is 14.3. The lowest BCUT2D eigenvalue weighted by atomic mass is 9.93. The Morgan fingerprint density at radius 3 is 2.29 bits per heavy atom. The van der Waals surface area contributed by atoms with E-state index in [2.05, 4.69) is 0 Å². The minimum Gasteiger partial charge on any atom is -0.493 e. The molecule has 1 aliphatic heterocycles. The molecule has 5 rings (SSSR count). The van der Waals surface area contributed by atoms with Gasteiger partial charge < -0.3 is 23.7 Å². The standard InChI is InChI=1S/C34H32N2O8S/c1-5-42-28(37)20-44-24-15-12-21(13-16-24)18-27-32(38)36-31(23-14-17-25(40-3)26(19-23)41-4)29(33(39)43-6-2)30(35-34(36)45-27)22-10-8-7-9-11-22/h7-19,31H,5-6,20H2,1-4H3/b27-18-/t31-/m0/s1. The number of hydrogen-bond acceptors (Lipinski definition) is 10. The van der Waals surface area contributed by atoms with Crippen LogP contribution >= 0.6 is 11.3 Å². The van der Waals surface area contributed by atoms with E-state index in [1.807, 2.05) is 30.3 Å². The van der Waals surface area contributed by atoms with Gasteiger partial charge in [-0.25, -0.2) is 14.6 Å². The van der Waals surface area contributed by atoms with Crippen LogP contribution in [0.1, 0.15) is 36.6 Å². The molecule has 0 unspecified atom stereocenters. The second kappa shape index (κ2) is 14.1. The second-order valence-corrected chi connectivity index (χ2v) is 10.7. The molecule has 0 N–H and O–H groups in total. The largest absolute Gasteiger partial charge is 0.493 e. The maximum atomic E-state index is 14.1. The Morgan fingerprint density at radius 1 is 0.911 bits per heavy atom. The first-order valence-corrected chi connectivity index (χ1v) is 15.1. The molecule has 1 atom stereocenters. The number of nitrogens with zero attached hydrogens (tertiary/aromatic N) is 2. The first-order chi connectivity index (χ1) is 21.9. The SMILES string of the molecule is CCOC(=O)COc1ccc(/C=c2\sc3n(c2=O)[C@@H](c2ccc(OC)c(OC)c2)C(C(=O)OCC)=C(c2ccccc2)N=3)cc1. The fraction of sp³-hybridized carbons (Fsp3) is 0.235. The Morgan fingerprint density at radius 2 is 1.62 bits per heavy atom. The Hall–Kier alpha value is -5.16. The number of esters is 2. The molecule has 4 aromatic rings. The zero-order valence-electron chi connectivity index (χ0n) is 25.3. The summed E-state index contributed by atoms with van der Waals surface area (Å²) in [4.78, 5) is 44.7. The number of methoxy groups -OCH3 is 2. The van der Waals surface area contributed by atoms with Crippen molar-refractivity contribution in [3.8, 4) is 17.2 Å². The number of aromatic nitrogens is 1. The van der Waals surface area contributed by atoms with Crippen LogP contribution in [0.25, 0.3) is 11.8 Å². The van der Waals surface area contributed by atoms with Gasteiger partial charge in [-0.05, 0) is 55.3 Å². The number of ether oxygens (including phenoxy) is 5. The molecule has 3 aromatic carbocycles. The van der Waals surface area contributed by atoms with Crippen LogP contribution in [0.3, 0.4) is 0 Å². The van der Waals surface area contributed by atoms with Gasteiger partial charge in [-0.2, -0.15) is 0 Å². The quantitative estimate of drug-likeness (QED) is 0.230. The van der Waals surface area contributed by atoms with Crippen molar-refractivity contribution >= 4 is 35.0 Å². The normalized spacial score (nSPS) is 14.3. The topological polar surface area (TPSA) is 115 Å². The van der Waals surface area contributed by atoms with Crippen molar-refractivity contribution in [3.63, 3.8) is 0 Å². The summed E-state index contributed by atoms with van der Waals surface area (Å²) in [5.41, 5.74) is 2.40. The first kappa shape index (κ1) is 31.3. The lowest BCUT2D eigenvalue weighted by Gasteiger charge is -2.26. The molecule has 0 radical (unpaired) electrons. The van der Waals surface area contributed by atoms with Crippen LogP contribution in [0.4, 0.5) is 0 Å². The second-order valence-electron chi connectivity index (χ2n) is 9.71. The Kier molecular flexibility index (Phi) is 9.79. The van der Waals surface area contributed by atoms with Crippen LogP contribution in [0.15, 0.2) is 88.2 Å². The number of thiazole rings is 1. The molecule has 45 heavy (non-hydrogen) atoms. The summed E-state index contributed by atoms with van der Waals surface area (Å²) in [7, 11) is 3.06. The maximum absolute atomic E-state index is 14.1. The summed E-state index contributed by atoms with van der Waals surface area (Å²) in [6.07, 6.45) is 1.75. The average Bonchev–Trinajstić information content (AvgIpc) is 3.37. The van der Waals surface area contributed by atoms with Crippen LogP contribution in [-0.2, 0) is 19.1 Å². The summed E-state index contributed by atoms with van der Waals surface area (Å²) < 4.78 is 28.9. The van der Waals surface area contributed by atoms with Gasteiger partial charge in [-0.3, -0.25) is 9.36 Å². The molecule has 232 valence electrons. The highest BCUT2D eigenvalue weighted by molar-refractivity contribution is 7.07. The van der Waals surface area contributed by atoms with Crippen LogP contribution in [-0.4, -0.2) is 50.5 Å². The van der Waals surface area contributed by atoms with E-state index < -0.39 is 18.0 Å². The van der Waals surface area contributed by atoms with Gasteiger partial charge in [0, 0.05) is 5.56 Å². The lowest BCUT2D eigenvalue weighted by molar-refractivity contribution is -0.145. The highest BCUT2D eigenvalue weighted by atomic mass is 32.1. The number of hydrogen-bond donors (Lipinski definition) is 0. The number of fused-ring (bicyclic) bond motifs is 1. The van der Waals surface area contributed by atoms with Gasteiger partial charge in [0.2, 0.25) is 0 Å². The average molecular weight is 629 g/mol. The van der Waals surface area contributed by atoms with E-state index >= 15 is 0 Å². The van der Waals surface area contributed by atoms with Crippen molar-refractivity contribution in [1.82, 2.24) is 4.57 Å². The molecule has 0 spiro atoms. The van der Waals surface area contributed by atoms with Gasteiger partial charge in [0.05, 0.1) is 49.3 Å². The third kappa shape index (κ3) is 6.68. The Balaban J connectivity index is 1.67. The van der Waals surface area contributed by atoms with E-state index in [0.717, 1.165) is 5.56 Å². The molecule has 1 aliphatic rings. The molecule has 0 bridgehead atoms. The molecule has 10 nitrogen and oxygen atoms in total. The van der Waals surface area contributed by atoms with E-state index in [4.69, 9.17) is 28.7 Å². The van der Waals surface area contributed by atoms with Crippen LogP contribution in [0.5, 0.6) is 17.2 Å². The van der Waals surface area contributed by atoms with Crippen LogP contribution < -0.4 is 29.1 Å². The van der Waals surface area contributed by atoms with Crippen molar-refractivity contribution < 1.29 is 33.3 Å². The fourth-order valence-electron chi connectivity index (χ4n) is 4.94. The van der Waals surface area contributed by atoms with Crippen molar-refractivity contribution in [2.45, 2.75) is 19.9 Å². The van der Waals surface area contributed by atoms with E-state index in [1.165, 1.54) is 30.1 Å². The number of benzene rings is 3. The van der Waals surface area contributed by atoms with Gasteiger partial charge in [-0.15, -0.1) is 0 Å². The molecule has 0 amide bonds. The highest BCUT2D eigenvalue weighted by Gasteiger charge is 2.35. The summed E-state index contributed by atoms with van der Waals surface area (Å²) in [5.74, 6) is 0.412. The molecule has 2 heterocycles. The number of carbonyl (C=O) groups excluding carboxylic acids is 2. The van der Waals surface area contributed by atoms with Gasteiger partial charge in [-0.1, -0.05) is 59.9 Å². The lowest BCUT2D eigenvalue weighted by Crippen LogP contribution is -2.40. The molecule has 0 fully saturated rings. The molecular weight excluding hydrogens is 596 g/mol. The van der Waals surface area contributed by atoms with Crippen molar-refractivity contribution in [1.29, 1.82) is 0 Å². The summed E-state index contributed by atoms with van der Waals surface area (Å²) in [5, 5.41) is 0. The van der Waals surface area contributed by atoms with E-state index in [-0.39, 0.29) is 31.0 Å².